The summed E-state index contributed by atoms with van der Waals surface area (Å²) in [7, 11) is -3.21. The number of benzene rings is 1. The van der Waals surface area contributed by atoms with Crippen molar-refractivity contribution < 1.29 is 22.7 Å². The lowest BCUT2D eigenvalue weighted by Crippen LogP contribution is -2.20. The third-order valence-electron chi connectivity index (χ3n) is 4.68. The van der Waals surface area contributed by atoms with Crippen molar-refractivity contribution in [1.29, 1.82) is 0 Å². The Labute approximate surface area is 177 Å². The van der Waals surface area contributed by atoms with Crippen LogP contribution in [0.15, 0.2) is 42.7 Å². The first kappa shape index (κ1) is 20.3. The van der Waals surface area contributed by atoms with Crippen LogP contribution in [0.4, 0.5) is 5.00 Å². The van der Waals surface area contributed by atoms with Gasteiger partial charge in [-0.3, -0.25) is 4.79 Å². The van der Waals surface area contributed by atoms with Gasteiger partial charge in [0.1, 0.15) is 5.00 Å². The van der Waals surface area contributed by atoms with Gasteiger partial charge < -0.3 is 10.1 Å². The second kappa shape index (κ2) is 8.04. The van der Waals surface area contributed by atoms with Crippen molar-refractivity contribution in [2.75, 3.05) is 17.7 Å². The third kappa shape index (κ3) is 4.01. The first-order valence-electron chi connectivity index (χ1n) is 9.31. The molecule has 3 heterocycles. The third-order valence-corrected chi connectivity index (χ3v) is 7.56. The van der Waals surface area contributed by atoms with Crippen molar-refractivity contribution in [2.24, 2.45) is 0 Å². The maximum absolute atomic E-state index is 12.8. The van der Waals surface area contributed by atoms with Crippen molar-refractivity contribution in [3.8, 4) is 5.69 Å². The zero-order valence-electron chi connectivity index (χ0n) is 16.1. The van der Waals surface area contributed by atoms with Gasteiger partial charge in [-0.25, -0.2) is 17.9 Å². The minimum atomic E-state index is -3.21. The van der Waals surface area contributed by atoms with Gasteiger partial charge in [-0.2, -0.15) is 5.10 Å². The molecular weight excluding hydrogens is 426 g/mol. The van der Waals surface area contributed by atoms with Crippen LogP contribution in [0.25, 0.3) is 5.69 Å². The lowest BCUT2D eigenvalue weighted by molar-refractivity contribution is 0.0527. The molecule has 1 N–H and O–H groups in total. The number of carbonyl (C=O) groups excluding carboxylic acids is 2. The standard InChI is InChI=1S/C20H19N3O5S2/c1-2-28-20(25)17-15-8-9-30(26,27)12-16(15)29-19(17)22-18(24)13-10-21-23(11-13)14-6-4-3-5-7-14/h3-7,10-11H,2,8-9,12H2,1H3,(H,22,24). The van der Waals surface area contributed by atoms with Crippen LogP contribution in [-0.2, 0) is 26.7 Å². The Hall–Kier alpha value is -2.98. The van der Waals surface area contributed by atoms with Gasteiger partial charge in [0.25, 0.3) is 5.91 Å². The topological polar surface area (TPSA) is 107 Å². The second-order valence-electron chi connectivity index (χ2n) is 6.73. The molecule has 0 aliphatic carbocycles. The van der Waals surface area contributed by atoms with Gasteiger partial charge in [0.2, 0.25) is 0 Å². The van der Waals surface area contributed by atoms with E-state index in [4.69, 9.17) is 4.74 Å². The average Bonchev–Trinajstić information content (AvgIpc) is 3.32. The molecule has 0 spiro atoms. The zero-order valence-corrected chi connectivity index (χ0v) is 17.8. The Bertz CT molecular complexity index is 1210. The molecule has 8 nitrogen and oxygen atoms in total. The molecule has 1 aliphatic rings. The number of sulfone groups is 1. The van der Waals surface area contributed by atoms with E-state index in [1.54, 1.807) is 17.8 Å². The molecule has 1 amide bonds. The van der Waals surface area contributed by atoms with Crippen LogP contribution in [0.2, 0.25) is 0 Å². The highest BCUT2D eigenvalue weighted by Gasteiger charge is 2.32. The highest BCUT2D eigenvalue weighted by molar-refractivity contribution is 7.90. The summed E-state index contributed by atoms with van der Waals surface area (Å²) in [5.41, 5.74) is 2.01. The molecule has 3 aromatic rings. The van der Waals surface area contributed by atoms with E-state index in [2.05, 4.69) is 10.4 Å². The fourth-order valence-corrected chi connectivity index (χ4v) is 6.30. The number of hydrogen-bond acceptors (Lipinski definition) is 7. The Morgan fingerprint density at radius 1 is 1.27 bits per heavy atom. The molecule has 2 aromatic heterocycles. The average molecular weight is 446 g/mol. The predicted molar refractivity (Wildman–Crippen MR) is 113 cm³/mol. The van der Waals surface area contributed by atoms with Crippen molar-refractivity contribution in [3.05, 3.63) is 64.3 Å². The van der Waals surface area contributed by atoms with E-state index >= 15 is 0 Å². The SMILES string of the molecule is CCOC(=O)c1c(NC(=O)c2cnn(-c3ccccc3)c2)sc2c1CCS(=O)(=O)C2. The Morgan fingerprint density at radius 3 is 2.77 bits per heavy atom. The van der Waals surface area contributed by atoms with Gasteiger partial charge >= 0.3 is 5.97 Å². The number of amides is 1. The van der Waals surface area contributed by atoms with Crippen LogP contribution < -0.4 is 5.32 Å². The predicted octanol–water partition coefficient (Wildman–Crippen LogP) is 2.83. The molecule has 0 bridgehead atoms. The van der Waals surface area contributed by atoms with E-state index in [0.29, 0.717) is 21.0 Å². The number of para-hydroxylation sites is 1. The number of thiophene rings is 1. The van der Waals surface area contributed by atoms with Gasteiger partial charge in [-0.1, -0.05) is 18.2 Å². The fraction of sp³-hybridized carbons (Fsp3) is 0.250. The van der Waals surface area contributed by atoms with Crippen molar-refractivity contribution >= 4 is 38.1 Å². The minimum Gasteiger partial charge on any atom is -0.462 e. The summed E-state index contributed by atoms with van der Waals surface area (Å²) in [6, 6.07) is 9.35. The molecule has 4 rings (SSSR count). The first-order chi connectivity index (χ1) is 14.4. The number of hydrogen-bond donors (Lipinski definition) is 1. The Morgan fingerprint density at radius 2 is 2.03 bits per heavy atom. The zero-order chi connectivity index (χ0) is 21.3. The van der Waals surface area contributed by atoms with Gasteiger partial charge in [-0.05, 0) is 31.0 Å². The molecule has 0 saturated carbocycles. The number of fused-ring (bicyclic) bond motifs is 1. The number of nitrogens with one attached hydrogen (secondary N) is 1. The molecule has 0 radical (unpaired) electrons. The number of rotatable bonds is 5. The summed E-state index contributed by atoms with van der Waals surface area (Å²) in [6.45, 7) is 1.87. The maximum atomic E-state index is 12.8. The van der Waals surface area contributed by atoms with Gasteiger partial charge in [0, 0.05) is 11.1 Å². The number of ether oxygens (including phenoxy) is 1. The molecule has 0 saturated heterocycles. The number of esters is 1. The van der Waals surface area contributed by atoms with Crippen LogP contribution in [0.5, 0.6) is 0 Å². The summed E-state index contributed by atoms with van der Waals surface area (Å²) in [6.07, 6.45) is 3.25. The largest absolute Gasteiger partial charge is 0.462 e. The van der Waals surface area contributed by atoms with E-state index in [1.165, 1.54) is 6.20 Å². The normalized spacial score (nSPS) is 14.7. The van der Waals surface area contributed by atoms with Gasteiger partial charge in [0.05, 0.1) is 41.1 Å². The molecule has 156 valence electrons. The molecule has 0 unspecified atom stereocenters. The van der Waals surface area contributed by atoms with Crippen LogP contribution in [0.3, 0.4) is 0 Å². The Balaban J connectivity index is 1.64. The fourth-order valence-electron chi connectivity index (χ4n) is 3.27. The lowest BCUT2D eigenvalue weighted by atomic mass is 10.1. The smallest absolute Gasteiger partial charge is 0.341 e. The van der Waals surface area contributed by atoms with Crippen LogP contribution >= 0.6 is 11.3 Å². The number of nitrogens with zero attached hydrogens (tertiary/aromatic N) is 2. The molecule has 1 aliphatic heterocycles. The summed E-state index contributed by atoms with van der Waals surface area (Å²) >= 11 is 1.11. The van der Waals surface area contributed by atoms with E-state index in [1.807, 2.05) is 30.3 Å². The lowest BCUT2D eigenvalue weighted by Gasteiger charge is -2.13. The van der Waals surface area contributed by atoms with E-state index in [9.17, 15) is 18.0 Å². The second-order valence-corrected chi connectivity index (χ2v) is 10.0. The number of carbonyl (C=O) groups is 2. The van der Waals surface area contributed by atoms with Gasteiger partial charge in [0.15, 0.2) is 9.84 Å². The summed E-state index contributed by atoms with van der Waals surface area (Å²) in [4.78, 5) is 25.9. The molecule has 10 heteroatoms. The summed E-state index contributed by atoms with van der Waals surface area (Å²) in [5, 5.41) is 7.25. The Kier molecular flexibility index (Phi) is 5.44. The molecule has 0 atom stereocenters. The minimum absolute atomic E-state index is 0.0274. The van der Waals surface area contributed by atoms with Crippen LogP contribution in [0, 0.1) is 0 Å². The number of aromatic nitrogens is 2. The van der Waals surface area contributed by atoms with Crippen molar-refractivity contribution in [3.63, 3.8) is 0 Å². The molecule has 1 aromatic carbocycles. The van der Waals surface area contributed by atoms with E-state index in [0.717, 1.165) is 17.0 Å². The highest BCUT2D eigenvalue weighted by Crippen LogP contribution is 2.38. The summed E-state index contributed by atoms with van der Waals surface area (Å²) in [5.74, 6) is -1.17. The van der Waals surface area contributed by atoms with E-state index < -0.39 is 21.7 Å². The molecule has 0 fully saturated rings. The summed E-state index contributed by atoms with van der Waals surface area (Å²) < 4.78 is 30.7. The van der Waals surface area contributed by atoms with E-state index in [-0.39, 0.29) is 30.1 Å². The van der Waals surface area contributed by atoms with Crippen LogP contribution in [0.1, 0.15) is 38.1 Å². The highest BCUT2D eigenvalue weighted by atomic mass is 32.2. The first-order valence-corrected chi connectivity index (χ1v) is 12.0. The van der Waals surface area contributed by atoms with Crippen molar-refractivity contribution in [2.45, 2.75) is 19.1 Å². The monoisotopic (exact) mass is 445 g/mol. The number of anilines is 1. The molecule has 30 heavy (non-hydrogen) atoms. The van der Waals surface area contributed by atoms with Crippen molar-refractivity contribution in [1.82, 2.24) is 9.78 Å². The maximum Gasteiger partial charge on any atom is 0.341 e. The van der Waals surface area contributed by atoms with Gasteiger partial charge in [-0.15, -0.1) is 11.3 Å². The molecular formula is C20H19N3O5S2. The van der Waals surface area contributed by atoms with Crippen LogP contribution in [-0.4, -0.2) is 42.4 Å². The quantitative estimate of drug-likeness (QED) is 0.605.